The first kappa shape index (κ1) is 15.5. The Morgan fingerprint density at radius 1 is 0.905 bits per heavy atom. The molecule has 0 saturated carbocycles. The third-order valence-corrected chi connectivity index (χ3v) is 3.18. The van der Waals surface area contributed by atoms with Crippen molar-refractivity contribution in [3.8, 4) is 0 Å². The van der Waals surface area contributed by atoms with Gasteiger partial charge in [0.15, 0.2) is 0 Å². The van der Waals surface area contributed by atoms with E-state index in [1.165, 1.54) is 24.3 Å². The Morgan fingerprint density at radius 3 is 1.81 bits per heavy atom. The number of hydrogen-bond donors (Lipinski definition) is 1. The molecule has 0 amide bonds. The zero-order valence-electron chi connectivity index (χ0n) is 11.4. The molecule has 1 unspecified atom stereocenters. The molecule has 0 fully saturated rings. The van der Waals surface area contributed by atoms with Crippen molar-refractivity contribution in [1.82, 2.24) is 5.32 Å². The van der Waals surface area contributed by atoms with Crippen LogP contribution in [0.5, 0.6) is 0 Å². The van der Waals surface area contributed by atoms with Gasteiger partial charge in [-0.1, -0.05) is 31.2 Å². The Hall–Kier alpha value is -1.88. The third-order valence-electron chi connectivity index (χ3n) is 3.18. The number of alkyl halides is 3. The summed E-state index contributed by atoms with van der Waals surface area (Å²) in [5, 5.41) is 3.19. The van der Waals surface area contributed by atoms with E-state index in [0.29, 0.717) is 12.1 Å². The van der Waals surface area contributed by atoms with Crippen molar-refractivity contribution in [2.24, 2.45) is 0 Å². The molecule has 1 atom stereocenters. The smallest absolute Gasteiger partial charge is 0.307 e. The van der Waals surface area contributed by atoms with E-state index in [9.17, 15) is 17.6 Å². The third kappa shape index (κ3) is 3.82. The van der Waals surface area contributed by atoms with Gasteiger partial charge in [-0.05, 0) is 41.9 Å². The molecule has 1 N–H and O–H groups in total. The van der Waals surface area contributed by atoms with Crippen LogP contribution >= 0.6 is 0 Å². The zero-order chi connectivity index (χ0) is 15.5. The van der Waals surface area contributed by atoms with Gasteiger partial charge >= 0.3 is 6.18 Å². The molecule has 1 nitrogen and oxygen atoms in total. The van der Waals surface area contributed by atoms with Gasteiger partial charge in [0.25, 0.3) is 0 Å². The van der Waals surface area contributed by atoms with Gasteiger partial charge in [0.05, 0.1) is 11.6 Å². The summed E-state index contributed by atoms with van der Waals surface area (Å²) < 4.78 is 50.7. The van der Waals surface area contributed by atoms with E-state index >= 15 is 0 Å². The fourth-order valence-electron chi connectivity index (χ4n) is 2.15. The number of nitrogens with one attached hydrogen (secondary N) is 1. The van der Waals surface area contributed by atoms with E-state index in [2.05, 4.69) is 5.32 Å². The maximum atomic E-state index is 13.0. The second-order valence-electron chi connectivity index (χ2n) is 4.66. The first-order valence-corrected chi connectivity index (χ1v) is 6.58. The van der Waals surface area contributed by atoms with Gasteiger partial charge < -0.3 is 5.32 Å². The van der Waals surface area contributed by atoms with E-state index in [-0.39, 0.29) is 11.9 Å². The highest BCUT2D eigenvalue weighted by molar-refractivity contribution is 5.34. The van der Waals surface area contributed by atoms with Crippen LogP contribution in [0.4, 0.5) is 17.6 Å². The van der Waals surface area contributed by atoms with Gasteiger partial charge in [-0.2, -0.15) is 13.2 Å². The van der Waals surface area contributed by atoms with E-state index in [0.717, 1.165) is 17.7 Å². The Labute approximate surface area is 120 Å². The summed E-state index contributed by atoms with van der Waals surface area (Å²) in [7, 11) is 0. The number of halogens is 4. The molecule has 0 aliphatic heterocycles. The molecule has 112 valence electrons. The molecule has 0 radical (unpaired) electrons. The first-order chi connectivity index (χ1) is 9.91. The maximum Gasteiger partial charge on any atom is 0.416 e. The summed E-state index contributed by atoms with van der Waals surface area (Å²) in [5.74, 6) is -0.346. The summed E-state index contributed by atoms with van der Waals surface area (Å²) in [4.78, 5) is 0. The van der Waals surface area contributed by atoms with Crippen molar-refractivity contribution in [3.63, 3.8) is 0 Å². The highest BCUT2D eigenvalue weighted by Crippen LogP contribution is 2.31. The Kier molecular flexibility index (Phi) is 4.63. The SMILES string of the molecule is CCNC(c1ccc(F)cc1)c1ccc(C(F)(F)F)cc1. The minimum absolute atomic E-state index is 0.266. The Bertz CT molecular complexity index is 573. The highest BCUT2D eigenvalue weighted by atomic mass is 19.4. The average molecular weight is 297 g/mol. The lowest BCUT2D eigenvalue weighted by Gasteiger charge is -2.19. The number of rotatable bonds is 4. The predicted octanol–water partition coefficient (Wildman–Crippen LogP) is 4.54. The monoisotopic (exact) mass is 297 g/mol. The molecule has 21 heavy (non-hydrogen) atoms. The second-order valence-corrected chi connectivity index (χ2v) is 4.66. The lowest BCUT2D eigenvalue weighted by atomic mass is 9.97. The molecule has 2 aromatic rings. The van der Waals surface area contributed by atoms with Gasteiger partial charge in [-0.3, -0.25) is 0 Å². The van der Waals surface area contributed by atoms with Crippen molar-refractivity contribution < 1.29 is 17.6 Å². The van der Waals surface area contributed by atoms with Gasteiger partial charge in [0, 0.05) is 0 Å². The molecular weight excluding hydrogens is 282 g/mol. The molecule has 0 heterocycles. The number of benzene rings is 2. The van der Waals surface area contributed by atoms with Crippen molar-refractivity contribution in [1.29, 1.82) is 0 Å². The van der Waals surface area contributed by atoms with Crippen LogP contribution in [0.2, 0.25) is 0 Å². The molecule has 5 heteroatoms. The van der Waals surface area contributed by atoms with Gasteiger partial charge in [-0.25, -0.2) is 4.39 Å². The second kappa shape index (κ2) is 6.26. The van der Waals surface area contributed by atoms with Crippen LogP contribution in [0.1, 0.15) is 29.7 Å². The van der Waals surface area contributed by atoms with Crippen molar-refractivity contribution in [2.75, 3.05) is 6.54 Å². The summed E-state index contributed by atoms with van der Waals surface area (Å²) >= 11 is 0. The van der Waals surface area contributed by atoms with Crippen molar-refractivity contribution in [3.05, 3.63) is 71.0 Å². The largest absolute Gasteiger partial charge is 0.416 e. The van der Waals surface area contributed by atoms with Crippen molar-refractivity contribution in [2.45, 2.75) is 19.1 Å². The summed E-state index contributed by atoms with van der Waals surface area (Å²) in [6.45, 7) is 2.55. The van der Waals surface area contributed by atoms with Crippen LogP contribution in [-0.2, 0) is 6.18 Å². The van der Waals surface area contributed by atoms with Gasteiger partial charge in [0.2, 0.25) is 0 Å². The van der Waals surface area contributed by atoms with E-state index in [4.69, 9.17) is 0 Å². The minimum Gasteiger partial charge on any atom is -0.307 e. The van der Waals surface area contributed by atoms with Gasteiger partial charge in [0.1, 0.15) is 5.82 Å². The molecule has 2 rings (SSSR count). The van der Waals surface area contributed by atoms with Crippen molar-refractivity contribution >= 4 is 0 Å². The summed E-state index contributed by atoms with van der Waals surface area (Å²) in [6, 6.07) is 10.7. The molecule has 0 aliphatic rings. The molecule has 0 saturated heterocycles. The normalized spacial score (nSPS) is 13.2. The molecule has 0 aliphatic carbocycles. The molecular formula is C16H15F4N. The minimum atomic E-state index is -4.35. The van der Waals surface area contributed by atoms with Crippen LogP contribution in [0, 0.1) is 5.82 Å². The molecule has 0 spiro atoms. The standard InChI is InChI=1S/C16H15F4N/c1-2-21-15(12-5-9-14(17)10-6-12)11-3-7-13(8-4-11)16(18,19)20/h3-10,15,21H,2H2,1H3. The van der Waals surface area contributed by atoms with E-state index in [1.54, 1.807) is 12.1 Å². The first-order valence-electron chi connectivity index (χ1n) is 6.58. The summed E-state index contributed by atoms with van der Waals surface area (Å²) in [6.07, 6.45) is -4.35. The molecule has 0 aromatic heterocycles. The molecule has 2 aromatic carbocycles. The van der Waals surface area contributed by atoms with Crippen LogP contribution < -0.4 is 5.32 Å². The fourth-order valence-corrected chi connectivity index (χ4v) is 2.15. The molecule has 0 bridgehead atoms. The number of hydrogen-bond acceptors (Lipinski definition) is 1. The Balaban J connectivity index is 2.32. The van der Waals surface area contributed by atoms with Gasteiger partial charge in [-0.15, -0.1) is 0 Å². The van der Waals surface area contributed by atoms with E-state index < -0.39 is 11.7 Å². The Morgan fingerprint density at radius 2 is 1.38 bits per heavy atom. The van der Waals surface area contributed by atoms with E-state index in [1.807, 2.05) is 6.92 Å². The fraction of sp³-hybridized carbons (Fsp3) is 0.250. The lowest BCUT2D eigenvalue weighted by Crippen LogP contribution is -2.22. The van der Waals surface area contributed by atoms with Crippen LogP contribution in [0.3, 0.4) is 0 Å². The lowest BCUT2D eigenvalue weighted by molar-refractivity contribution is -0.137. The summed E-state index contributed by atoms with van der Waals surface area (Å²) in [5.41, 5.74) is 0.829. The van der Waals surface area contributed by atoms with Crippen LogP contribution in [-0.4, -0.2) is 6.54 Å². The maximum absolute atomic E-state index is 13.0. The topological polar surface area (TPSA) is 12.0 Å². The van der Waals surface area contributed by atoms with Crippen LogP contribution in [0.25, 0.3) is 0 Å². The highest BCUT2D eigenvalue weighted by Gasteiger charge is 2.30. The quantitative estimate of drug-likeness (QED) is 0.817. The van der Waals surface area contributed by atoms with Crippen LogP contribution in [0.15, 0.2) is 48.5 Å². The predicted molar refractivity (Wildman–Crippen MR) is 73.4 cm³/mol. The zero-order valence-corrected chi connectivity index (χ0v) is 11.4. The average Bonchev–Trinajstić information content (AvgIpc) is 2.45.